The summed E-state index contributed by atoms with van der Waals surface area (Å²) in [6, 6.07) is 8.00. The standard InChI is InChI=1S/C12H14O2/c1-14-12-5-3-2-4-11(12)9-6-7-10(13)8-9/h2-5,7,9,13H,6,8H2,1H3. The molecule has 1 aromatic carbocycles. The van der Waals surface area contributed by atoms with Gasteiger partial charge in [-0.15, -0.1) is 0 Å². The molecule has 2 heteroatoms. The summed E-state index contributed by atoms with van der Waals surface area (Å²) in [4.78, 5) is 0. The Morgan fingerprint density at radius 2 is 2.14 bits per heavy atom. The lowest BCUT2D eigenvalue weighted by Crippen LogP contribution is -1.97. The van der Waals surface area contributed by atoms with Gasteiger partial charge in [-0.25, -0.2) is 0 Å². The van der Waals surface area contributed by atoms with Gasteiger partial charge in [-0.05, 0) is 30.0 Å². The molecule has 0 saturated heterocycles. The number of para-hydroxylation sites is 1. The van der Waals surface area contributed by atoms with Gasteiger partial charge in [0, 0.05) is 6.42 Å². The molecule has 0 radical (unpaired) electrons. The highest BCUT2D eigenvalue weighted by molar-refractivity contribution is 5.38. The molecule has 74 valence electrons. The molecule has 2 rings (SSSR count). The number of ether oxygens (including phenoxy) is 1. The minimum absolute atomic E-state index is 0.381. The molecule has 0 fully saturated rings. The Kier molecular flexibility index (Phi) is 2.44. The van der Waals surface area contributed by atoms with Crippen LogP contribution in [0.2, 0.25) is 0 Å². The first-order valence-corrected chi connectivity index (χ1v) is 4.82. The summed E-state index contributed by atoms with van der Waals surface area (Å²) < 4.78 is 5.29. The van der Waals surface area contributed by atoms with Crippen LogP contribution in [0.4, 0.5) is 0 Å². The molecule has 1 aromatic rings. The smallest absolute Gasteiger partial charge is 0.122 e. The number of aliphatic hydroxyl groups is 1. The van der Waals surface area contributed by atoms with Gasteiger partial charge in [-0.2, -0.15) is 0 Å². The molecule has 0 heterocycles. The van der Waals surface area contributed by atoms with Crippen LogP contribution in [-0.4, -0.2) is 12.2 Å². The van der Waals surface area contributed by atoms with Crippen LogP contribution in [0.25, 0.3) is 0 Å². The molecule has 14 heavy (non-hydrogen) atoms. The van der Waals surface area contributed by atoms with Gasteiger partial charge in [-0.3, -0.25) is 0 Å². The number of methoxy groups -OCH3 is 1. The third-order valence-electron chi connectivity index (χ3n) is 2.67. The highest BCUT2D eigenvalue weighted by Gasteiger charge is 2.20. The first kappa shape index (κ1) is 9.13. The third-order valence-corrected chi connectivity index (χ3v) is 2.67. The van der Waals surface area contributed by atoms with E-state index in [4.69, 9.17) is 4.74 Å². The predicted molar refractivity (Wildman–Crippen MR) is 55.7 cm³/mol. The summed E-state index contributed by atoms with van der Waals surface area (Å²) in [5.41, 5.74) is 1.19. The fourth-order valence-electron chi connectivity index (χ4n) is 1.94. The van der Waals surface area contributed by atoms with E-state index in [-0.39, 0.29) is 0 Å². The number of rotatable bonds is 2. The average Bonchev–Trinajstić information content (AvgIpc) is 2.65. The molecule has 1 unspecified atom stereocenters. The predicted octanol–water partition coefficient (Wildman–Crippen LogP) is 3.01. The lowest BCUT2D eigenvalue weighted by molar-refractivity contribution is 0.383. The first-order chi connectivity index (χ1) is 6.81. The average molecular weight is 190 g/mol. The quantitative estimate of drug-likeness (QED) is 0.776. The maximum Gasteiger partial charge on any atom is 0.122 e. The van der Waals surface area contributed by atoms with Crippen LogP contribution in [-0.2, 0) is 0 Å². The van der Waals surface area contributed by atoms with Crippen molar-refractivity contribution < 1.29 is 9.84 Å². The molecule has 0 amide bonds. The summed E-state index contributed by atoms with van der Waals surface area (Å²) in [5.74, 6) is 1.80. The Labute approximate surface area is 83.8 Å². The second-order valence-electron chi connectivity index (χ2n) is 3.57. The molecule has 0 spiro atoms. The van der Waals surface area contributed by atoms with Crippen LogP contribution in [0.15, 0.2) is 36.1 Å². The largest absolute Gasteiger partial charge is 0.513 e. The van der Waals surface area contributed by atoms with Crippen molar-refractivity contribution in [3.05, 3.63) is 41.7 Å². The summed E-state index contributed by atoms with van der Waals surface area (Å²) >= 11 is 0. The highest BCUT2D eigenvalue weighted by Crippen LogP contribution is 2.37. The van der Waals surface area contributed by atoms with Gasteiger partial charge >= 0.3 is 0 Å². The monoisotopic (exact) mass is 190 g/mol. The zero-order chi connectivity index (χ0) is 9.97. The lowest BCUT2D eigenvalue weighted by atomic mass is 9.96. The van der Waals surface area contributed by atoms with Crippen molar-refractivity contribution in [1.82, 2.24) is 0 Å². The summed E-state index contributed by atoms with van der Waals surface area (Å²) in [6.07, 6.45) is 3.53. The fourth-order valence-corrected chi connectivity index (χ4v) is 1.94. The van der Waals surface area contributed by atoms with E-state index in [1.807, 2.05) is 24.3 Å². The molecule has 2 nitrogen and oxygen atoms in total. The Balaban J connectivity index is 2.24. The van der Waals surface area contributed by atoms with Gasteiger partial charge in [-0.1, -0.05) is 18.2 Å². The third kappa shape index (κ3) is 1.60. The van der Waals surface area contributed by atoms with E-state index in [1.54, 1.807) is 7.11 Å². The molecule has 0 aromatic heterocycles. The van der Waals surface area contributed by atoms with E-state index >= 15 is 0 Å². The topological polar surface area (TPSA) is 29.5 Å². The summed E-state index contributed by atoms with van der Waals surface area (Å²) in [5, 5.41) is 9.34. The number of allylic oxidation sites excluding steroid dienone is 2. The summed E-state index contributed by atoms with van der Waals surface area (Å²) in [7, 11) is 1.68. The molecule has 1 N–H and O–H groups in total. The van der Waals surface area contributed by atoms with Gasteiger partial charge in [0.2, 0.25) is 0 Å². The maximum absolute atomic E-state index is 9.34. The molecule has 0 saturated carbocycles. The fraction of sp³-hybridized carbons (Fsp3) is 0.333. The maximum atomic E-state index is 9.34. The number of aliphatic hydroxyl groups excluding tert-OH is 1. The van der Waals surface area contributed by atoms with Crippen molar-refractivity contribution in [3.63, 3.8) is 0 Å². The van der Waals surface area contributed by atoms with Crippen molar-refractivity contribution in [2.75, 3.05) is 7.11 Å². The van der Waals surface area contributed by atoms with Crippen molar-refractivity contribution in [3.8, 4) is 5.75 Å². The molecule has 0 bridgehead atoms. The van der Waals surface area contributed by atoms with Crippen molar-refractivity contribution >= 4 is 0 Å². The minimum atomic E-state index is 0.381. The Bertz CT molecular complexity index is 355. The lowest BCUT2D eigenvalue weighted by Gasteiger charge is -2.13. The van der Waals surface area contributed by atoms with Crippen molar-refractivity contribution in [2.45, 2.75) is 18.8 Å². The van der Waals surface area contributed by atoms with E-state index in [9.17, 15) is 5.11 Å². The summed E-state index contributed by atoms with van der Waals surface area (Å²) in [6.45, 7) is 0. The zero-order valence-electron chi connectivity index (χ0n) is 8.23. The van der Waals surface area contributed by atoms with Crippen molar-refractivity contribution in [1.29, 1.82) is 0 Å². The van der Waals surface area contributed by atoms with Crippen LogP contribution in [0, 0.1) is 0 Å². The van der Waals surface area contributed by atoms with Crippen molar-refractivity contribution in [2.24, 2.45) is 0 Å². The number of benzene rings is 1. The number of hydrogen-bond donors (Lipinski definition) is 1. The van der Waals surface area contributed by atoms with E-state index in [0.29, 0.717) is 11.7 Å². The van der Waals surface area contributed by atoms with Crippen LogP contribution in [0.1, 0.15) is 24.3 Å². The Morgan fingerprint density at radius 1 is 1.36 bits per heavy atom. The molecule has 1 atom stereocenters. The minimum Gasteiger partial charge on any atom is -0.513 e. The van der Waals surface area contributed by atoms with Crippen LogP contribution in [0.5, 0.6) is 5.75 Å². The van der Waals surface area contributed by atoms with E-state index in [1.165, 1.54) is 5.56 Å². The number of hydrogen-bond acceptors (Lipinski definition) is 2. The second kappa shape index (κ2) is 3.74. The highest BCUT2D eigenvalue weighted by atomic mass is 16.5. The SMILES string of the molecule is COc1ccccc1C1CC=C(O)C1. The van der Waals surface area contributed by atoms with Gasteiger partial charge in [0.05, 0.1) is 12.9 Å². The molecule has 1 aliphatic carbocycles. The van der Waals surface area contributed by atoms with Gasteiger partial charge in [0.25, 0.3) is 0 Å². The van der Waals surface area contributed by atoms with E-state index < -0.39 is 0 Å². The van der Waals surface area contributed by atoms with Gasteiger partial charge in [0.1, 0.15) is 5.75 Å². The van der Waals surface area contributed by atoms with Gasteiger partial charge < -0.3 is 9.84 Å². The molecular weight excluding hydrogens is 176 g/mol. The van der Waals surface area contributed by atoms with Gasteiger partial charge in [0.15, 0.2) is 0 Å². The van der Waals surface area contributed by atoms with E-state index in [2.05, 4.69) is 6.07 Å². The zero-order valence-corrected chi connectivity index (χ0v) is 8.23. The van der Waals surface area contributed by atoms with Crippen LogP contribution < -0.4 is 4.74 Å². The normalized spacial score (nSPS) is 20.6. The molecular formula is C12H14O2. The van der Waals surface area contributed by atoms with Crippen LogP contribution in [0.3, 0.4) is 0 Å². The second-order valence-corrected chi connectivity index (χ2v) is 3.57. The Hall–Kier alpha value is -1.44. The van der Waals surface area contributed by atoms with E-state index in [0.717, 1.165) is 18.6 Å². The Morgan fingerprint density at radius 3 is 2.79 bits per heavy atom. The first-order valence-electron chi connectivity index (χ1n) is 4.82. The molecule has 1 aliphatic rings. The van der Waals surface area contributed by atoms with Crippen LogP contribution >= 0.6 is 0 Å². The molecule has 0 aliphatic heterocycles.